The normalized spacial score (nSPS) is 10.8. The van der Waals surface area contributed by atoms with Crippen LogP contribution < -0.4 is 15.5 Å². The standard InChI is InChI=1S/C21H29N3S/c1-6-24(16(4)5)20-13-11-19(12-14-20)23-21(25)22-18-9-7-17(8-10-18)15(2)3/h7-16H,6H2,1-5H3,(H2,22,23,25). The van der Waals surface area contributed by atoms with Crippen molar-refractivity contribution in [2.45, 2.75) is 46.6 Å². The molecule has 0 unspecified atom stereocenters. The number of thiocarbonyl (C=S) groups is 1. The first-order valence-electron chi connectivity index (χ1n) is 8.95. The van der Waals surface area contributed by atoms with Crippen molar-refractivity contribution in [3.63, 3.8) is 0 Å². The molecule has 0 aliphatic heterocycles. The average Bonchev–Trinajstić information content (AvgIpc) is 2.57. The molecule has 2 N–H and O–H groups in total. The van der Waals surface area contributed by atoms with E-state index >= 15 is 0 Å². The second-order valence-corrected chi connectivity index (χ2v) is 7.19. The fourth-order valence-corrected chi connectivity index (χ4v) is 3.06. The molecule has 2 rings (SSSR count). The first-order valence-corrected chi connectivity index (χ1v) is 9.36. The first-order chi connectivity index (χ1) is 11.9. The first kappa shape index (κ1) is 19.3. The van der Waals surface area contributed by atoms with Gasteiger partial charge in [0.1, 0.15) is 0 Å². The van der Waals surface area contributed by atoms with Gasteiger partial charge < -0.3 is 15.5 Å². The van der Waals surface area contributed by atoms with E-state index in [9.17, 15) is 0 Å². The fourth-order valence-electron chi connectivity index (χ4n) is 2.83. The van der Waals surface area contributed by atoms with Gasteiger partial charge in [-0.2, -0.15) is 0 Å². The molecule has 4 heteroatoms. The van der Waals surface area contributed by atoms with Crippen LogP contribution in [0.5, 0.6) is 0 Å². The predicted octanol–water partition coefficient (Wildman–Crippen LogP) is 5.85. The van der Waals surface area contributed by atoms with Crippen LogP contribution in [0.4, 0.5) is 17.1 Å². The van der Waals surface area contributed by atoms with Gasteiger partial charge in [0.25, 0.3) is 0 Å². The highest BCUT2D eigenvalue weighted by molar-refractivity contribution is 7.80. The topological polar surface area (TPSA) is 27.3 Å². The van der Waals surface area contributed by atoms with Crippen molar-refractivity contribution >= 4 is 34.4 Å². The summed E-state index contributed by atoms with van der Waals surface area (Å²) >= 11 is 5.42. The lowest BCUT2D eigenvalue weighted by atomic mass is 10.0. The van der Waals surface area contributed by atoms with Gasteiger partial charge in [-0.25, -0.2) is 0 Å². The van der Waals surface area contributed by atoms with Crippen LogP contribution in [0, 0.1) is 0 Å². The molecule has 0 amide bonds. The summed E-state index contributed by atoms with van der Waals surface area (Å²) in [5.41, 5.74) is 4.53. The molecule has 2 aromatic carbocycles. The third kappa shape index (κ3) is 5.46. The maximum Gasteiger partial charge on any atom is 0.175 e. The molecule has 0 aliphatic rings. The summed E-state index contributed by atoms with van der Waals surface area (Å²) in [6.07, 6.45) is 0. The van der Waals surface area contributed by atoms with Gasteiger partial charge >= 0.3 is 0 Å². The Kier molecular flexibility index (Phi) is 6.82. The fraction of sp³-hybridized carbons (Fsp3) is 0.381. The lowest BCUT2D eigenvalue weighted by Gasteiger charge is -2.27. The molecule has 25 heavy (non-hydrogen) atoms. The van der Waals surface area contributed by atoms with E-state index in [0.29, 0.717) is 17.1 Å². The zero-order chi connectivity index (χ0) is 18.4. The molecule has 134 valence electrons. The molecule has 0 saturated carbocycles. The van der Waals surface area contributed by atoms with E-state index in [1.54, 1.807) is 0 Å². The molecule has 0 bridgehead atoms. The zero-order valence-electron chi connectivity index (χ0n) is 15.8. The smallest absolute Gasteiger partial charge is 0.175 e. The SMILES string of the molecule is CCN(c1ccc(NC(=S)Nc2ccc(C(C)C)cc2)cc1)C(C)C. The van der Waals surface area contributed by atoms with Gasteiger partial charge in [0.05, 0.1) is 0 Å². The van der Waals surface area contributed by atoms with Crippen molar-refractivity contribution in [3.05, 3.63) is 54.1 Å². The summed E-state index contributed by atoms with van der Waals surface area (Å²) < 4.78 is 0. The van der Waals surface area contributed by atoms with Gasteiger partial charge in [-0.1, -0.05) is 26.0 Å². The van der Waals surface area contributed by atoms with Gasteiger partial charge in [-0.3, -0.25) is 0 Å². The van der Waals surface area contributed by atoms with Crippen LogP contribution in [0.1, 0.15) is 46.1 Å². The molecule has 0 fully saturated rings. The van der Waals surface area contributed by atoms with Gasteiger partial charge in [0, 0.05) is 29.6 Å². The number of rotatable bonds is 6. The number of hydrogen-bond donors (Lipinski definition) is 2. The highest BCUT2D eigenvalue weighted by Gasteiger charge is 2.08. The minimum Gasteiger partial charge on any atom is -0.369 e. The third-order valence-corrected chi connectivity index (χ3v) is 4.46. The summed E-state index contributed by atoms with van der Waals surface area (Å²) in [5, 5.41) is 7.07. The van der Waals surface area contributed by atoms with Crippen LogP contribution in [0.25, 0.3) is 0 Å². The van der Waals surface area contributed by atoms with Crippen molar-refractivity contribution < 1.29 is 0 Å². The van der Waals surface area contributed by atoms with Gasteiger partial charge in [0.2, 0.25) is 0 Å². The number of nitrogens with one attached hydrogen (secondary N) is 2. The zero-order valence-corrected chi connectivity index (χ0v) is 16.7. The lowest BCUT2D eigenvalue weighted by Crippen LogP contribution is -2.30. The van der Waals surface area contributed by atoms with Crippen molar-refractivity contribution in [2.75, 3.05) is 22.1 Å². The van der Waals surface area contributed by atoms with Gasteiger partial charge in [-0.05, 0) is 80.9 Å². The van der Waals surface area contributed by atoms with E-state index in [4.69, 9.17) is 12.2 Å². The van der Waals surface area contributed by atoms with Crippen LogP contribution >= 0.6 is 12.2 Å². The van der Waals surface area contributed by atoms with Crippen molar-refractivity contribution in [1.82, 2.24) is 0 Å². The Morgan fingerprint density at radius 2 is 1.36 bits per heavy atom. The van der Waals surface area contributed by atoms with Crippen LogP contribution in [0.2, 0.25) is 0 Å². The Morgan fingerprint density at radius 3 is 1.76 bits per heavy atom. The molecule has 0 aliphatic carbocycles. The Balaban J connectivity index is 1.96. The molecule has 0 radical (unpaired) electrons. The molecule has 3 nitrogen and oxygen atoms in total. The molecule has 0 aromatic heterocycles. The Morgan fingerprint density at radius 1 is 0.880 bits per heavy atom. The molecule has 0 heterocycles. The number of anilines is 3. The van der Waals surface area contributed by atoms with E-state index in [2.05, 4.69) is 98.7 Å². The van der Waals surface area contributed by atoms with Crippen LogP contribution in [0.3, 0.4) is 0 Å². The average molecular weight is 356 g/mol. The predicted molar refractivity (Wildman–Crippen MR) is 115 cm³/mol. The highest BCUT2D eigenvalue weighted by atomic mass is 32.1. The lowest BCUT2D eigenvalue weighted by molar-refractivity contribution is 0.704. The van der Waals surface area contributed by atoms with Gasteiger partial charge in [-0.15, -0.1) is 0 Å². The summed E-state index contributed by atoms with van der Waals surface area (Å²) in [4.78, 5) is 2.36. The van der Waals surface area contributed by atoms with Crippen LogP contribution in [0.15, 0.2) is 48.5 Å². The van der Waals surface area contributed by atoms with Crippen LogP contribution in [-0.4, -0.2) is 17.7 Å². The Labute approximate surface area is 157 Å². The maximum absolute atomic E-state index is 5.42. The van der Waals surface area contributed by atoms with E-state index < -0.39 is 0 Å². The Bertz CT molecular complexity index is 675. The summed E-state index contributed by atoms with van der Waals surface area (Å²) in [6.45, 7) is 12.0. The number of benzene rings is 2. The number of hydrogen-bond acceptors (Lipinski definition) is 2. The minimum absolute atomic E-state index is 0.486. The maximum atomic E-state index is 5.42. The summed E-state index contributed by atoms with van der Waals surface area (Å²) in [5.74, 6) is 0.533. The third-order valence-electron chi connectivity index (χ3n) is 4.26. The van der Waals surface area contributed by atoms with E-state index in [1.165, 1.54) is 11.3 Å². The molecular weight excluding hydrogens is 326 g/mol. The van der Waals surface area contributed by atoms with Crippen molar-refractivity contribution in [2.24, 2.45) is 0 Å². The van der Waals surface area contributed by atoms with E-state index in [-0.39, 0.29) is 0 Å². The summed E-state index contributed by atoms with van der Waals surface area (Å²) in [7, 11) is 0. The van der Waals surface area contributed by atoms with Crippen LogP contribution in [-0.2, 0) is 0 Å². The van der Waals surface area contributed by atoms with Crippen molar-refractivity contribution in [1.29, 1.82) is 0 Å². The minimum atomic E-state index is 0.486. The molecular formula is C21H29N3S. The number of nitrogens with zero attached hydrogens (tertiary/aromatic N) is 1. The quantitative estimate of drug-likeness (QED) is 0.635. The second kappa shape index (κ2) is 8.86. The summed E-state index contributed by atoms with van der Waals surface area (Å²) in [6, 6.07) is 17.3. The van der Waals surface area contributed by atoms with E-state index in [0.717, 1.165) is 17.9 Å². The molecule has 0 saturated heterocycles. The monoisotopic (exact) mass is 355 g/mol. The van der Waals surface area contributed by atoms with E-state index in [1.807, 2.05) is 0 Å². The molecule has 0 atom stereocenters. The van der Waals surface area contributed by atoms with Crippen molar-refractivity contribution in [3.8, 4) is 0 Å². The Hall–Kier alpha value is -2.07. The largest absolute Gasteiger partial charge is 0.369 e. The molecule has 0 spiro atoms. The van der Waals surface area contributed by atoms with Gasteiger partial charge in [0.15, 0.2) is 5.11 Å². The molecule has 2 aromatic rings. The second-order valence-electron chi connectivity index (χ2n) is 6.78. The highest BCUT2D eigenvalue weighted by Crippen LogP contribution is 2.21.